The third kappa shape index (κ3) is 4.18. The molecule has 1 aliphatic rings. The molecule has 118 valence electrons. The molecular formula is C14H23ClN4O2. The lowest BCUT2D eigenvalue weighted by Gasteiger charge is -2.29. The third-order valence-corrected chi connectivity index (χ3v) is 4.35. The highest BCUT2D eigenvalue weighted by molar-refractivity contribution is 6.32. The summed E-state index contributed by atoms with van der Waals surface area (Å²) < 4.78 is 6.28. The van der Waals surface area contributed by atoms with Crippen molar-refractivity contribution in [3.63, 3.8) is 0 Å². The number of rotatable bonds is 6. The Labute approximate surface area is 129 Å². The van der Waals surface area contributed by atoms with E-state index in [-0.39, 0.29) is 10.6 Å². The standard InChI is InChI=1S/C14H23ClN4O2/c1-16-10-3-5-11(6-4-10)18-12-9-17-19(7-8-21-2)14(20)13(12)15/h9-11,16,18H,3-8H2,1-2H3. The first-order valence-electron chi connectivity index (χ1n) is 7.34. The number of hydrogen-bond donors (Lipinski definition) is 2. The van der Waals surface area contributed by atoms with Crippen molar-refractivity contribution in [1.29, 1.82) is 0 Å². The molecule has 6 nitrogen and oxygen atoms in total. The van der Waals surface area contributed by atoms with Crippen LogP contribution in [-0.4, -0.2) is 42.6 Å². The molecule has 1 aromatic heterocycles. The molecule has 1 fully saturated rings. The smallest absolute Gasteiger partial charge is 0.287 e. The van der Waals surface area contributed by atoms with Gasteiger partial charge in [-0.25, -0.2) is 4.68 Å². The van der Waals surface area contributed by atoms with E-state index in [4.69, 9.17) is 16.3 Å². The summed E-state index contributed by atoms with van der Waals surface area (Å²) in [6.45, 7) is 0.840. The number of nitrogens with one attached hydrogen (secondary N) is 2. The molecule has 2 rings (SSSR count). The normalized spacial score (nSPS) is 22.2. The lowest BCUT2D eigenvalue weighted by Crippen LogP contribution is -2.35. The van der Waals surface area contributed by atoms with Gasteiger partial charge in [-0.15, -0.1) is 0 Å². The Bertz CT molecular complexity index is 512. The average molecular weight is 315 g/mol. The van der Waals surface area contributed by atoms with Gasteiger partial charge in [0.05, 0.1) is 25.0 Å². The van der Waals surface area contributed by atoms with Crippen LogP contribution in [0.3, 0.4) is 0 Å². The van der Waals surface area contributed by atoms with Crippen LogP contribution in [0.2, 0.25) is 5.02 Å². The van der Waals surface area contributed by atoms with E-state index in [1.807, 2.05) is 7.05 Å². The predicted molar refractivity (Wildman–Crippen MR) is 84.1 cm³/mol. The Morgan fingerprint density at radius 1 is 1.38 bits per heavy atom. The van der Waals surface area contributed by atoms with Crippen LogP contribution in [0, 0.1) is 0 Å². The fourth-order valence-corrected chi connectivity index (χ4v) is 2.85. The minimum atomic E-state index is -0.275. The monoisotopic (exact) mass is 314 g/mol. The molecule has 21 heavy (non-hydrogen) atoms. The van der Waals surface area contributed by atoms with Crippen molar-refractivity contribution in [3.8, 4) is 0 Å². The number of hydrogen-bond acceptors (Lipinski definition) is 5. The van der Waals surface area contributed by atoms with Gasteiger partial charge in [0, 0.05) is 19.2 Å². The minimum absolute atomic E-state index is 0.205. The number of methoxy groups -OCH3 is 1. The fraction of sp³-hybridized carbons (Fsp3) is 0.714. The zero-order valence-corrected chi connectivity index (χ0v) is 13.3. The Balaban J connectivity index is 2.01. The number of anilines is 1. The molecular weight excluding hydrogens is 292 g/mol. The molecule has 7 heteroatoms. The first-order valence-corrected chi connectivity index (χ1v) is 7.72. The summed E-state index contributed by atoms with van der Waals surface area (Å²) >= 11 is 6.16. The quantitative estimate of drug-likeness (QED) is 0.832. The van der Waals surface area contributed by atoms with Crippen molar-refractivity contribution in [2.45, 2.75) is 44.3 Å². The zero-order valence-electron chi connectivity index (χ0n) is 12.6. The van der Waals surface area contributed by atoms with Crippen LogP contribution in [0.15, 0.2) is 11.0 Å². The van der Waals surface area contributed by atoms with Gasteiger partial charge in [-0.3, -0.25) is 4.79 Å². The van der Waals surface area contributed by atoms with Gasteiger partial charge in [0.25, 0.3) is 5.56 Å². The van der Waals surface area contributed by atoms with Crippen LogP contribution in [0.5, 0.6) is 0 Å². The molecule has 1 aromatic rings. The lowest BCUT2D eigenvalue weighted by atomic mass is 9.91. The number of halogens is 1. The molecule has 0 bridgehead atoms. The third-order valence-electron chi connectivity index (χ3n) is 3.99. The lowest BCUT2D eigenvalue weighted by molar-refractivity contribution is 0.182. The second-order valence-electron chi connectivity index (χ2n) is 5.37. The van der Waals surface area contributed by atoms with Gasteiger partial charge in [0.15, 0.2) is 0 Å². The molecule has 0 unspecified atom stereocenters. The Morgan fingerprint density at radius 2 is 2.05 bits per heavy atom. The van der Waals surface area contributed by atoms with Gasteiger partial charge >= 0.3 is 0 Å². The maximum atomic E-state index is 12.1. The van der Waals surface area contributed by atoms with Crippen LogP contribution >= 0.6 is 11.6 Å². The Morgan fingerprint density at radius 3 is 2.67 bits per heavy atom. The van der Waals surface area contributed by atoms with Crippen molar-refractivity contribution in [3.05, 3.63) is 21.6 Å². The van der Waals surface area contributed by atoms with Gasteiger partial charge < -0.3 is 15.4 Å². The molecule has 1 saturated carbocycles. The summed E-state index contributed by atoms with van der Waals surface area (Å²) in [6, 6.07) is 0.946. The number of nitrogens with zero attached hydrogens (tertiary/aromatic N) is 2. The van der Waals surface area contributed by atoms with Gasteiger partial charge in [0.1, 0.15) is 5.02 Å². The molecule has 0 spiro atoms. The van der Waals surface area contributed by atoms with E-state index in [2.05, 4.69) is 15.7 Å². The van der Waals surface area contributed by atoms with Gasteiger partial charge in [-0.1, -0.05) is 11.6 Å². The molecule has 0 atom stereocenters. The summed E-state index contributed by atoms with van der Waals surface area (Å²) in [6.07, 6.45) is 6.01. The van der Waals surface area contributed by atoms with Crippen LogP contribution in [0.4, 0.5) is 5.69 Å². The van der Waals surface area contributed by atoms with E-state index >= 15 is 0 Å². The van der Waals surface area contributed by atoms with Crippen LogP contribution < -0.4 is 16.2 Å². The van der Waals surface area contributed by atoms with Crippen molar-refractivity contribution in [2.24, 2.45) is 0 Å². The SMILES string of the molecule is CNC1CCC(Nc2cnn(CCOC)c(=O)c2Cl)CC1. The van der Waals surface area contributed by atoms with Gasteiger partial charge in [0.2, 0.25) is 0 Å². The minimum Gasteiger partial charge on any atom is -0.383 e. The first-order chi connectivity index (χ1) is 10.2. The van der Waals surface area contributed by atoms with E-state index in [1.165, 1.54) is 4.68 Å². The highest BCUT2D eigenvalue weighted by Gasteiger charge is 2.21. The Kier molecular flexibility index (Phi) is 6.02. The summed E-state index contributed by atoms with van der Waals surface area (Å²) in [4.78, 5) is 12.1. The van der Waals surface area contributed by atoms with Crippen LogP contribution in [0.25, 0.3) is 0 Å². The highest BCUT2D eigenvalue weighted by Crippen LogP contribution is 2.24. The molecule has 0 aromatic carbocycles. The zero-order chi connectivity index (χ0) is 15.2. The fourth-order valence-electron chi connectivity index (χ4n) is 2.65. The van der Waals surface area contributed by atoms with E-state index < -0.39 is 0 Å². The summed E-state index contributed by atoms with van der Waals surface area (Å²) in [5.74, 6) is 0. The van der Waals surface area contributed by atoms with Crippen molar-refractivity contribution in [2.75, 3.05) is 26.1 Å². The van der Waals surface area contributed by atoms with E-state index in [9.17, 15) is 4.79 Å². The van der Waals surface area contributed by atoms with Gasteiger partial charge in [-0.05, 0) is 32.7 Å². The molecule has 0 radical (unpaired) electrons. The second kappa shape index (κ2) is 7.77. The van der Waals surface area contributed by atoms with E-state index in [1.54, 1.807) is 13.3 Å². The van der Waals surface area contributed by atoms with Crippen LogP contribution in [0.1, 0.15) is 25.7 Å². The molecule has 1 heterocycles. The van der Waals surface area contributed by atoms with Crippen molar-refractivity contribution >= 4 is 17.3 Å². The molecule has 0 saturated heterocycles. The van der Waals surface area contributed by atoms with Crippen molar-refractivity contribution < 1.29 is 4.74 Å². The predicted octanol–water partition coefficient (Wildman–Crippen LogP) is 1.49. The maximum absolute atomic E-state index is 12.1. The number of aromatic nitrogens is 2. The van der Waals surface area contributed by atoms with Gasteiger partial charge in [-0.2, -0.15) is 5.10 Å². The van der Waals surface area contributed by atoms with Crippen molar-refractivity contribution in [1.82, 2.24) is 15.1 Å². The average Bonchev–Trinajstić information content (AvgIpc) is 2.52. The largest absolute Gasteiger partial charge is 0.383 e. The summed E-state index contributed by atoms with van der Waals surface area (Å²) in [5.41, 5.74) is 0.353. The molecule has 1 aliphatic carbocycles. The first kappa shape index (κ1) is 16.3. The maximum Gasteiger partial charge on any atom is 0.287 e. The van der Waals surface area contributed by atoms with E-state index in [0.717, 1.165) is 25.7 Å². The summed E-state index contributed by atoms with van der Waals surface area (Å²) in [5, 5.41) is 11.0. The summed E-state index contributed by atoms with van der Waals surface area (Å²) in [7, 11) is 3.59. The molecule has 2 N–H and O–H groups in total. The Hall–Kier alpha value is -1.11. The second-order valence-corrected chi connectivity index (χ2v) is 5.75. The highest BCUT2D eigenvalue weighted by atomic mass is 35.5. The van der Waals surface area contributed by atoms with Crippen LogP contribution in [-0.2, 0) is 11.3 Å². The molecule has 0 aliphatic heterocycles. The molecule has 0 amide bonds. The van der Waals surface area contributed by atoms with E-state index in [0.29, 0.717) is 30.9 Å². The number of ether oxygens (including phenoxy) is 1. The topological polar surface area (TPSA) is 68.2 Å².